The van der Waals surface area contributed by atoms with Crippen LogP contribution in [0.5, 0.6) is 0 Å². The lowest BCUT2D eigenvalue weighted by molar-refractivity contribution is 0.0940. The molecule has 4 aromatic rings. The second kappa shape index (κ2) is 9.09. The summed E-state index contributed by atoms with van der Waals surface area (Å²) in [5.41, 5.74) is 3.66. The molecule has 1 fully saturated rings. The van der Waals surface area contributed by atoms with Crippen LogP contribution < -0.4 is 15.8 Å². The lowest BCUT2D eigenvalue weighted by Crippen LogP contribution is -2.30. The predicted octanol–water partition coefficient (Wildman–Crippen LogP) is 4.18. The third-order valence-corrected chi connectivity index (χ3v) is 6.29. The molecule has 0 unspecified atom stereocenters. The molecule has 0 spiro atoms. The first kappa shape index (κ1) is 21.8. The number of nitrogens with zero attached hydrogens (tertiary/aromatic N) is 4. The van der Waals surface area contributed by atoms with Gasteiger partial charge in [-0.2, -0.15) is 0 Å². The number of carbonyl (C=O) groups excluding carboxylic acids is 1. The van der Waals surface area contributed by atoms with Gasteiger partial charge in [-0.15, -0.1) is 0 Å². The molecule has 1 atom stereocenters. The van der Waals surface area contributed by atoms with Crippen molar-refractivity contribution in [2.24, 2.45) is 0 Å². The molecule has 1 aliphatic heterocycles. The van der Waals surface area contributed by atoms with Crippen molar-refractivity contribution >= 4 is 22.8 Å². The average molecular weight is 454 g/mol. The summed E-state index contributed by atoms with van der Waals surface area (Å²) in [5, 5.41) is 3.49. The third kappa shape index (κ3) is 4.17. The Labute approximate surface area is 198 Å². The number of fused-ring (bicyclic) bond motifs is 1. The van der Waals surface area contributed by atoms with Gasteiger partial charge in [-0.05, 0) is 74.2 Å². The van der Waals surface area contributed by atoms with Gasteiger partial charge in [0.05, 0.1) is 22.6 Å². The highest BCUT2D eigenvalue weighted by Crippen LogP contribution is 2.24. The summed E-state index contributed by atoms with van der Waals surface area (Å²) < 4.78 is 1.70. The number of anilines is 1. The van der Waals surface area contributed by atoms with Gasteiger partial charge < -0.3 is 10.2 Å². The van der Waals surface area contributed by atoms with Crippen molar-refractivity contribution in [3.05, 3.63) is 94.0 Å². The highest BCUT2D eigenvalue weighted by atomic mass is 16.1. The van der Waals surface area contributed by atoms with E-state index in [2.05, 4.69) is 15.2 Å². The van der Waals surface area contributed by atoms with Crippen LogP contribution in [0.15, 0.2) is 71.8 Å². The molecule has 0 radical (unpaired) electrons. The van der Waals surface area contributed by atoms with Gasteiger partial charge in [0, 0.05) is 31.0 Å². The van der Waals surface area contributed by atoms with E-state index in [1.165, 1.54) is 0 Å². The number of aryl methyl sites for hydroxylation is 1. The second-order valence-electron chi connectivity index (χ2n) is 8.80. The Morgan fingerprint density at radius 1 is 1.06 bits per heavy atom. The van der Waals surface area contributed by atoms with Gasteiger partial charge in [0.1, 0.15) is 0 Å². The molecular formula is C27H27N5O2. The van der Waals surface area contributed by atoms with E-state index in [9.17, 15) is 9.59 Å². The number of aromatic nitrogens is 3. The minimum Gasteiger partial charge on any atom is -0.345 e. The SMILES string of the molecule is Cc1cccc(-n2c(N3CCCC3)nc3cc(C(=O)N[C@H](C)c4cccnc4)ccc3c2=O)c1. The summed E-state index contributed by atoms with van der Waals surface area (Å²) in [5.74, 6) is 0.410. The first-order valence-electron chi connectivity index (χ1n) is 11.6. The number of hydrogen-bond donors (Lipinski definition) is 1. The van der Waals surface area contributed by atoms with Crippen LogP contribution in [0, 0.1) is 6.92 Å². The second-order valence-corrected chi connectivity index (χ2v) is 8.80. The molecule has 0 saturated carbocycles. The zero-order chi connectivity index (χ0) is 23.7. The average Bonchev–Trinajstić information content (AvgIpc) is 3.39. The first-order valence-corrected chi connectivity index (χ1v) is 11.6. The normalized spacial score (nSPS) is 14.4. The van der Waals surface area contributed by atoms with E-state index in [4.69, 9.17) is 4.98 Å². The molecule has 0 aliphatic carbocycles. The van der Waals surface area contributed by atoms with E-state index in [-0.39, 0.29) is 17.5 Å². The predicted molar refractivity (Wildman–Crippen MR) is 134 cm³/mol. The molecule has 34 heavy (non-hydrogen) atoms. The lowest BCUT2D eigenvalue weighted by atomic mass is 10.1. The Morgan fingerprint density at radius 2 is 1.88 bits per heavy atom. The van der Waals surface area contributed by atoms with Gasteiger partial charge in [0.2, 0.25) is 5.95 Å². The Balaban J connectivity index is 1.57. The molecule has 1 aliphatic rings. The molecule has 7 heteroatoms. The van der Waals surface area contributed by atoms with Crippen molar-refractivity contribution in [3.63, 3.8) is 0 Å². The van der Waals surface area contributed by atoms with Crippen LogP contribution in [0.25, 0.3) is 16.6 Å². The zero-order valence-electron chi connectivity index (χ0n) is 19.4. The maximum absolute atomic E-state index is 13.7. The Morgan fingerprint density at radius 3 is 2.62 bits per heavy atom. The van der Waals surface area contributed by atoms with Crippen molar-refractivity contribution in [3.8, 4) is 5.69 Å². The molecule has 5 rings (SSSR count). The smallest absolute Gasteiger partial charge is 0.267 e. The summed E-state index contributed by atoms with van der Waals surface area (Å²) in [7, 11) is 0. The van der Waals surface area contributed by atoms with Crippen LogP contribution in [0.3, 0.4) is 0 Å². The van der Waals surface area contributed by atoms with Crippen molar-refractivity contribution in [2.45, 2.75) is 32.7 Å². The highest BCUT2D eigenvalue weighted by molar-refractivity contribution is 5.98. The van der Waals surface area contributed by atoms with Crippen molar-refractivity contribution < 1.29 is 4.79 Å². The van der Waals surface area contributed by atoms with E-state index in [0.29, 0.717) is 22.4 Å². The zero-order valence-corrected chi connectivity index (χ0v) is 19.4. The fourth-order valence-electron chi connectivity index (χ4n) is 4.44. The van der Waals surface area contributed by atoms with Crippen LogP contribution in [-0.2, 0) is 0 Å². The number of hydrogen-bond acceptors (Lipinski definition) is 5. The van der Waals surface area contributed by atoms with Crippen molar-refractivity contribution in [1.29, 1.82) is 0 Å². The van der Waals surface area contributed by atoms with E-state index in [1.807, 2.05) is 50.2 Å². The van der Waals surface area contributed by atoms with E-state index in [1.54, 1.807) is 35.2 Å². The molecule has 1 N–H and O–H groups in total. The fourth-order valence-corrected chi connectivity index (χ4v) is 4.44. The Hall–Kier alpha value is -4.00. The fraction of sp³-hybridized carbons (Fsp3) is 0.259. The summed E-state index contributed by atoms with van der Waals surface area (Å²) >= 11 is 0. The van der Waals surface area contributed by atoms with E-state index < -0.39 is 0 Å². The molecule has 7 nitrogen and oxygen atoms in total. The molecule has 1 amide bonds. The number of carbonyl (C=O) groups is 1. The number of amides is 1. The largest absolute Gasteiger partial charge is 0.345 e. The van der Waals surface area contributed by atoms with Gasteiger partial charge in [-0.3, -0.25) is 14.6 Å². The molecule has 172 valence electrons. The minimum absolute atomic E-state index is 0.131. The summed E-state index contributed by atoms with van der Waals surface area (Å²) in [6, 6.07) is 16.6. The molecule has 3 heterocycles. The molecule has 1 saturated heterocycles. The quantitative estimate of drug-likeness (QED) is 0.490. The number of rotatable bonds is 5. The summed E-state index contributed by atoms with van der Waals surface area (Å²) in [6.07, 6.45) is 5.57. The summed E-state index contributed by atoms with van der Waals surface area (Å²) in [6.45, 7) is 5.63. The van der Waals surface area contributed by atoms with Crippen LogP contribution >= 0.6 is 0 Å². The number of nitrogens with one attached hydrogen (secondary N) is 1. The van der Waals surface area contributed by atoms with Crippen LogP contribution in [0.4, 0.5) is 5.95 Å². The lowest BCUT2D eigenvalue weighted by Gasteiger charge is -2.22. The molecule has 0 bridgehead atoms. The first-order chi connectivity index (χ1) is 16.5. The minimum atomic E-state index is -0.217. The molecule has 2 aromatic carbocycles. The van der Waals surface area contributed by atoms with Crippen molar-refractivity contribution in [1.82, 2.24) is 19.9 Å². The number of benzene rings is 2. The van der Waals surface area contributed by atoms with Gasteiger partial charge >= 0.3 is 0 Å². The topological polar surface area (TPSA) is 80.1 Å². The monoisotopic (exact) mass is 453 g/mol. The van der Waals surface area contributed by atoms with Gasteiger partial charge in [0.25, 0.3) is 11.5 Å². The third-order valence-electron chi connectivity index (χ3n) is 6.29. The Bertz CT molecular complexity index is 1410. The van der Waals surface area contributed by atoms with Crippen LogP contribution in [0.1, 0.15) is 47.3 Å². The maximum Gasteiger partial charge on any atom is 0.267 e. The molecule has 2 aromatic heterocycles. The molecular weight excluding hydrogens is 426 g/mol. The summed E-state index contributed by atoms with van der Waals surface area (Å²) in [4.78, 5) is 37.8. The number of pyridine rings is 1. The maximum atomic E-state index is 13.7. The van der Waals surface area contributed by atoms with Crippen LogP contribution in [0.2, 0.25) is 0 Å². The van der Waals surface area contributed by atoms with Gasteiger partial charge in [-0.25, -0.2) is 9.55 Å². The van der Waals surface area contributed by atoms with Gasteiger partial charge in [-0.1, -0.05) is 18.2 Å². The Kier molecular flexibility index (Phi) is 5.84. The van der Waals surface area contributed by atoms with E-state index in [0.717, 1.165) is 42.7 Å². The van der Waals surface area contributed by atoms with Crippen molar-refractivity contribution in [2.75, 3.05) is 18.0 Å². The standard InChI is InChI=1S/C27H27N5O2/c1-18-7-5-9-22(15-18)32-26(34)23-11-10-20(16-24(23)30-27(32)31-13-3-4-14-31)25(33)29-19(2)21-8-6-12-28-17-21/h5-12,15-17,19H,3-4,13-14H2,1-2H3,(H,29,33)/t19-/m1/s1. The highest BCUT2D eigenvalue weighted by Gasteiger charge is 2.22. The van der Waals surface area contributed by atoms with E-state index >= 15 is 0 Å². The van der Waals surface area contributed by atoms with Gasteiger partial charge in [0.15, 0.2) is 0 Å². The van der Waals surface area contributed by atoms with Crippen LogP contribution in [-0.4, -0.2) is 33.5 Å².